The van der Waals surface area contributed by atoms with Crippen molar-refractivity contribution in [3.63, 3.8) is 0 Å². The van der Waals surface area contributed by atoms with Crippen molar-refractivity contribution in [2.24, 2.45) is 5.92 Å². The Balaban J connectivity index is 1.87. The second-order valence-electron chi connectivity index (χ2n) is 9.88. The normalized spacial score (nSPS) is 17.3. The fraction of sp³-hybridized carbons (Fsp3) is 0.385. The number of fused-ring (bicyclic) bond motifs is 2. The number of para-hydroxylation sites is 1. The van der Waals surface area contributed by atoms with Crippen LogP contribution in [0.5, 0.6) is 0 Å². The minimum absolute atomic E-state index is 0.0828. The predicted molar refractivity (Wildman–Crippen MR) is 124 cm³/mol. The van der Waals surface area contributed by atoms with Crippen LogP contribution in [0.4, 0.5) is 0 Å². The van der Waals surface area contributed by atoms with E-state index in [2.05, 4.69) is 30.2 Å². The molecule has 2 amide bonds. The Morgan fingerprint density at radius 3 is 2.45 bits per heavy atom. The first kappa shape index (κ1) is 21.2. The summed E-state index contributed by atoms with van der Waals surface area (Å²) in [5.41, 5.74) is 3.29. The van der Waals surface area contributed by atoms with E-state index in [-0.39, 0.29) is 29.3 Å². The molecular formula is C26H31N3O2. The first-order chi connectivity index (χ1) is 14.7. The van der Waals surface area contributed by atoms with E-state index in [0.29, 0.717) is 12.0 Å². The van der Waals surface area contributed by atoms with Gasteiger partial charge in [-0.3, -0.25) is 9.59 Å². The average molecular weight is 418 g/mol. The van der Waals surface area contributed by atoms with Gasteiger partial charge in [0.25, 0.3) is 5.91 Å². The van der Waals surface area contributed by atoms with E-state index in [4.69, 9.17) is 0 Å². The molecule has 31 heavy (non-hydrogen) atoms. The number of nitrogens with one attached hydrogen (secondary N) is 2. The molecule has 162 valence electrons. The molecule has 0 spiro atoms. The van der Waals surface area contributed by atoms with Gasteiger partial charge >= 0.3 is 0 Å². The molecule has 1 aromatic heterocycles. The molecule has 5 nitrogen and oxygen atoms in total. The topological polar surface area (TPSA) is 65.2 Å². The number of rotatable bonds is 5. The summed E-state index contributed by atoms with van der Waals surface area (Å²) in [6.45, 7) is 10.1. The van der Waals surface area contributed by atoms with Crippen molar-refractivity contribution in [3.8, 4) is 0 Å². The molecule has 3 aromatic rings. The van der Waals surface area contributed by atoms with Gasteiger partial charge in [0.05, 0.1) is 6.04 Å². The van der Waals surface area contributed by atoms with Gasteiger partial charge in [-0.2, -0.15) is 0 Å². The quantitative estimate of drug-likeness (QED) is 0.611. The van der Waals surface area contributed by atoms with Gasteiger partial charge in [-0.25, -0.2) is 0 Å². The van der Waals surface area contributed by atoms with Gasteiger partial charge < -0.3 is 15.2 Å². The standard InChI is InChI=1S/C26H31N3O2/c1-16(2)14-22(24(30)28-26(3,4)5)29-23(18-11-6-7-12-19(18)25(29)31)20-15-27-21-13-9-8-10-17(20)21/h6-13,15-16,22-23,27H,14H2,1-5H3,(H,28,30). The van der Waals surface area contributed by atoms with E-state index < -0.39 is 6.04 Å². The lowest BCUT2D eigenvalue weighted by atomic mass is 9.94. The second kappa shape index (κ2) is 7.88. The molecule has 2 aromatic carbocycles. The summed E-state index contributed by atoms with van der Waals surface area (Å²) in [4.78, 5) is 32.3. The lowest BCUT2D eigenvalue weighted by molar-refractivity contribution is -0.128. The number of hydrogen-bond donors (Lipinski definition) is 2. The Morgan fingerprint density at radius 2 is 1.74 bits per heavy atom. The lowest BCUT2D eigenvalue weighted by Crippen LogP contribution is -2.53. The zero-order valence-corrected chi connectivity index (χ0v) is 18.9. The van der Waals surface area contributed by atoms with Crippen molar-refractivity contribution in [1.29, 1.82) is 0 Å². The zero-order valence-electron chi connectivity index (χ0n) is 18.9. The highest BCUT2D eigenvalue weighted by molar-refractivity contribution is 6.03. The third-order valence-electron chi connectivity index (χ3n) is 5.75. The van der Waals surface area contributed by atoms with Crippen LogP contribution in [-0.2, 0) is 4.79 Å². The third kappa shape index (κ3) is 3.97. The molecule has 0 bridgehead atoms. The molecule has 0 saturated heterocycles. The van der Waals surface area contributed by atoms with E-state index in [1.54, 1.807) is 4.90 Å². The van der Waals surface area contributed by atoms with Crippen LogP contribution in [0.3, 0.4) is 0 Å². The molecule has 0 saturated carbocycles. The number of carbonyl (C=O) groups excluding carboxylic acids is 2. The number of aromatic amines is 1. The summed E-state index contributed by atoms with van der Waals surface area (Å²) in [7, 11) is 0. The SMILES string of the molecule is CC(C)CC(C(=O)NC(C)(C)C)N1C(=O)c2ccccc2C1c1c[nH]c2ccccc12. The van der Waals surface area contributed by atoms with Crippen molar-refractivity contribution >= 4 is 22.7 Å². The van der Waals surface area contributed by atoms with Crippen LogP contribution >= 0.6 is 0 Å². The molecule has 0 radical (unpaired) electrons. The molecule has 1 aliphatic rings. The van der Waals surface area contributed by atoms with Crippen LogP contribution in [-0.4, -0.2) is 33.3 Å². The Kier molecular flexibility index (Phi) is 5.38. The van der Waals surface area contributed by atoms with E-state index in [0.717, 1.165) is 22.0 Å². The maximum Gasteiger partial charge on any atom is 0.255 e. The largest absolute Gasteiger partial charge is 0.361 e. The van der Waals surface area contributed by atoms with Gasteiger partial charge in [-0.15, -0.1) is 0 Å². The van der Waals surface area contributed by atoms with Gasteiger partial charge in [0.1, 0.15) is 6.04 Å². The number of H-pyrrole nitrogens is 1. The van der Waals surface area contributed by atoms with Gasteiger partial charge in [-0.05, 0) is 50.8 Å². The van der Waals surface area contributed by atoms with Crippen LogP contribution in [0, 0.1) is 5.92 Å². The highest BCUT2D eigenvalue weighted by atomic mass is 16.2. The summed E-state index contributed by atoms with van der Waals surface area (Å²) in [5.74, 6) is 0.0728. The van der Waals surface area contributed by atoms with Crippen molar-refractivity contribution in [2.75, 3.05) is 0 Å². The van der Waals surface area contributed by atoms with Gasteiger partial charge in [0, 0.05) is 33.8 Å². The van der Waals surface area contributed by atoms with Crippen LogP contribution in [0.2, 0.25) is 0 Å². The number of nitrogens with zero attached hydrogens (tertiary/aromatic N) is 1. The molecular weight excluding hydrogens is 386 g/mol. The average Bonchev–Trinajstić information content (AvgIpc) is 3.24. The highest BCUT2D eigenvalue weighted by Gasteiger charge is 2.45. The molecule has 2 unspecified atom stereocenters. The van der Waals surface area contributed by atoms with Crippen LogP contribution in [0.1, 0.15) is 68.6 Å². The molecule has 2 atom stereocenters. The maximum atomic E-state index is 13.7. The van der Waals surface area contributed by atoms with Crippen LogP contribution in [0.15, 0.2) is 54.7 Å². The van der Waals surface area contributed by atoms with Crippen molar-refractivity contribution in [1.82, 2.24) is 15.2 Å². The number of benzene rings is 2. The molecule has 2 heterocycles. The molecule has 0 fully saturated rings. The van der Waals surface area contributed by atoms with Crippen molar-refractivity contribution in [3.05, 3.63) is 71.4 Å². The Labute approximate surface area is 183 Å². The van der Waals surface area contributed by atoms with Crippen molar-refractivity contribution < 1.29 is 9.59 Å². The number of aromatic nitrogens is 1. The predicted octanol–water partition coefficient (Wildman–Crippen LogP) is 5.04. The number of amides is 2. The molecule has 0 aliphatic carbocycles. The van der Waals surface area contributed by atoms with Crippen LogP contribution in [0.25, 0.3) is 10.9 Å². The van der Waals surface area contributed by atoms with Crippen molar-refractivity contribution in [2.45, 2.75) is 58.7 Å². The zero-order chi connectivity index (χ0) is 22.3. The summed E-state index contributed by atoms with van der Waals surface area (Å²) < 4.78 is 0. The first-order valence-corrected chi connectivity index (χ1v) is 11.0. The third-order valence-corrected chi connectivity index (χ3v) is 5.75. The van der Waals surface area contributed by atoms with E-state index in [1.807, 2.05) is 69.4 Å². The maximum absolute atomic E-state index is 13.7. The lowest BCUT2D eigenvalue weighted by Gasteiger charge is -2.35. The number of carbonyl (C=O) groups is 2. The Hall–Kier alpha value is -3.08. The molecule has 5 heteroatoms. The summed E-state index contributed by atoms with van der Waals surface area (Å²) >= 11 is 0. The van der Waals surface area contributed by atoms with Gasteiger partial charge in [0.2, 0.25) is 5.91 Å². The Bertz CT molecular complexity index is 1120. The summed E-state index contributed by atoms with van der Waals surface area (Å²) in [6.07, 6.45) is 2.58. The second-order valence-corrected chi connectivity index (χ2v) is 9.88. The van der Waals surface area contributed by atoms with Gasteiger partial charge in [0.15, 0.2) is 0 Å². The van der Waals surface area contributed by atoms with E-state index in [1.165, 1.54) is 0 Å². The minimum atomic E-state index is -0.558. The highest BCUT2D eigenvalue weighted by Crippen LogP contribution is 2.43. The van der Waals surface area contributed by atoms with Crippen LogP contribution < -0.4 is 5.32 Å². The summed E-state index contributed by atoms with van der Waals surface area (Å²) in [6, 6.07) is 15.0. The smallest absolute Gasteiger partial charge is 0.255 e. The molecule has 2 N–H and O–H groups in total. The fourth-order valence-electron chi connectivity index (χ4n) is 4.54. The van der Waals surface area contributed by atoms with E-state index in [9.17, 15) is 9.59 Å². The first-order valence-electron chi connectivity index (χ1n) is 11.0. The molecule has 1 aliphatic heterocycles. The summed E-state index contributed by atoms with van der Waals surface area (Å²) in [5, 5.41) is 4.18. The monoisotopic (exact) mass is 417 g/mol. The Morgan fingerprint density at radius 1 is 1.06 bits per heavy atom. The number of hydrogen-bond acceptors (Lipinski definition) is 2. The fourth-order valence-corrected chi connectivity index (χ4v) is 4.54. The van der Waals surface area contributed by atoms with Gasteiger partial charge in [-0.1, -0.05) is 50.2 Å². The minimum Gasteiger partial charge on any atom is -0.361 e. The molecule has 4 rings (SSSR count). The van der Waals surface area contributed by atoms with E-state index >= 15 is 0 Å².